The summed E-state index contributed by atoms with van der Waals surface area (Å²) in [5.41, 5.74) is 3.44. The molecule has 5 rings (SSSR count). The van der Waals surface area contributed by atoms with E-state index >= 15 is 0 Å². The number of likely N-dealkylation sites (tertiary alicyclic amines) is 1. The van der Waals surface area contributed by atoms with E-state index in [4.69, 9.17) is 0 Å². The number of hydrogen-bond acceptors (Lipinski definition) is 3. The van der Waals surface area contributed by atoms with Gasteiger partial charge in [0.05, 0.1) is 11.3 Å². The van der Waals surface area contributed by atoms with E-state index in [1.165, 1.54) is 0 Å². The molecule has 1 aromatic carbocycles. The predicted octanol–water partition coefficient (Wildman–Crippen LogP) is 3.22. The summed E-state index contributed by atoms with van der Waals surface area (Å²) in [4.78, 5) is 27.3. The number of carbonyl (C=O) groups is 1. The number of aromatic nitrogens is 4. The van der Waals surface area contributed by atoms with E-state index in [1.807, 2.05) is 77.1 Å². The minimum Gasteiger partial charge on any atom is -0.339 e. The van der Waals surface area contributed by atoms with Gasteiger partial charge in [0.25, 0.3) is 5.91 Å². The van der Waals surface area contributed by atoms with Crippen molar-refractivity contribution < 1.29 is 4.79 Å². The molecule has 0 radical (unpaired) electrons. The molecule has 31 heavy (non-hydrogen) atoms. The number of aryl methyl sites for hydroxylation is 1. The predicted molar refractivity (Wildman–Crippen MR) is 119 cm³/mol. The van der Waals surface area contributed by atoms with Gasteiger partial charge in [-0.2, -0.15) is 5.10 Å². The summed E-state index contributed by atoms with van der Waals surface area (Å²) < 4.78 is 3.65. The number of nitrogens with one attached hydrogen (secondary N) is 1. The van der Waals surface area contributed by atoms with Gasteiger partial charge in [0.1, 0.15) is 5.82 Å². The third-order valence-corrected chi connectivity index (χ3v) is 6.22. The summed E-state index contributed by atoms with van der Waals surface area (Å²) in [5.74, 6) is 1.22. The first-order valence-electron chi connectivity index (χ1n) is 10.7. The highest BCUT2D eigenvalue weighted by molar-refractivity contribution is 5.95. The van der Waals surface area contributed by atoms with Crippen molar-refractivity contribution in [3.8, 4) is 5.69 Å². The summed E-state index contributed by atoms with van der Waals surface area (Å²) >= 11 is 0. The van der Waals surface area contributed by atoms with E-state index in [2.05, 4.69) is 10.2 Å². The number of piperidine rings is 1. The van der Waals surface area contributed by atoms with Crippen LogP contribution in [0.1, 0.15) is 34.6 Å². The minimum atomic E-state index is -0.210. The van der Waals surface area contributed by atoms with Gasteiger partial charge in [0, 0.05) is 37.4 Å². The Morgan fingerprint density at radius 1 is 1.13 bits per heavy atom. The van der Waals surface area contributed by atoms with Crippen molar-refractivity contribution >= 4 is 11.4 Å². The van der Waals surface area contributed by atoms with Crippen LogP contribution in [-0.2, 0) is 6.42 Å². The van der Waals surface area contributed by atoms with Crippen LogP contribution in [0.3, 0.4) is 0 Å². The zero-order valence-corrected chi connectivity index (χ0v) is 17.5. The van der Waals surface area contributed by atoms with Crippen molar-refractivity contribution in [1.82, 2.24) is 24.1 Å². The number of aromatic amines is 1. The normalized spacial score (nSPS) is 14.9. The Bertz CT molecular complexity index is 1260. The first kappa shape index (κ1) is 19.4. The molecule has 0 unspecified atom stereocenters. The van der Waals surface area contributed by atoms with Crippen LogP contribution in [0.2, 0.25) is 0 Å². The number of fused-ring (bicyclic) bond motifs is 1. The molecule has 1 saturated heterocycles. The Kier molecular flexibility index (Phi) is 4.94. The lowest BCUT2D eigenvalue weighted by atomic mass is 9.93. The Balaban J connectivity index is 1.27. The van der Waals surface area contributed by atoms with E-state index in [1.54, 1.807) is 4.57 Å². The fourth-order valence-corrected chi connectivity index (χ4v) is 4.48. The minimum absolute atomic E-state index is 0.0822. The number of hydrogen-bond donors (Lipinski definition) is 1. The van der Waals surface area contributed by atoms with E-state index in [0.29, 0.717) is 25.4 Å². The van der Waals surface area contributed by atoms with Crippen molar-refractivity contribution in [2.24, 2.45) is 5.92 Å². The second-order valence-corrected chi connectivity index (χ2v) is 8.27. The monoisotopic (exact) mass is 415 g/mol. The van der Waals surface area contributed by atoms with Crippen LogP contribution in [0.25, 0.3) is 11.2 Å². The van der Waals surface area contributed by atoms with Crippen molar-refractivity contribution in [2.45, 2.75) is 26.2 Å². The lowest BCUT2D eigenvalue weighted by Crippen LogP contribution is -2.39. The Morgan fingerprint density at radius 3 is 2.68 bits per heavy atom. The topological polar surface area (TPSA) is 75.4 Å². The third kappa shape index (κ3) is 3.67. The van der Waals surface area contributed by atoms with Gasteiger partial charge >= 0.3 is 5.69 Å². The van der Waals surface area contributed by atoms with E-state index in [0.717, 1.165) is 41.0 Å². The average molecular weight is 415 g/mol. The molecule has 0 spiro atoms. The van der Waals surface area contributed by atoms with Crippen molar-refractivity contribution in [3.63, 3.8) is 0 Å². The second-order valence-electron chi connectivity index (χ2n) is 8.27. The quantitative estimate of drug-likeness (QED) is 0.556. The molecule has 1 amide bonds. The molecular weight excluding hydrogens is 390 g/mol. The van der Waals surface area contributed by atoms with Crippen LogP contribution in [-0.4, -0.2) is 43.1 Å². The fourth-order valence-electron chi connectivity index (χ4n) is 4.48. The zero-order valence-electron chi connectivity index (χ0n) is 17.5. The Labute approximate surface area is 179 Å². The molecule has 158 valence electrons. The number of nitrogens with zero attached hydrogens (tertiary/aromatic N) is 4. The first-order valence-corrected chi connectivity index (χ1v) is 10.7. The molecule has 4 heterocycles. The molecule has 7 nitrogen and oxygen atoms in total. The maximum absolute atomic E-state index is 13.0. The number of carbonyl (C=O) groups excluding carboxylic acids is 1. The van der Waals surface area contributed by atoms with Crippen LogP contribution in [0.5, 0.6) is 0 Å². The molecule has 3 aromatic heterocycles. The van der Waals surface area contributed by atoms with Crippen molar-refractivity contribution in [3.05, 3.63) is 88.4 Å². The molecule has 0 aliphatic carbocycles. The molecule has 1 aliphatic rings. The molecular formula is C24H25N5O2. The lowest BCUT2D eigenvalue weighted by molar-refractivity contribution is 0.0690. The van der Waals surface area contributed by atoms with Gasteiger partial charge in [-0.3, -0.25) is 4.79 Å². The molecule has 0 saturated carbocycles. The summed E-state index contributed by atoms with van der Waals surface area (Å²) in [6, 6.07) is 15.7. The second kappa shape index (κ2) is 7.91. The third-order valence-electron chi connectivity index (χ3n) is 6.22. The van der Waals surface area contributed by atoms with Crippen LogP contribution < -0.4 is 5.69 Å². The Morgan fingerprint density at radius 2 is 1.90 bits per heavy atom. The highest BCUT2D eigenvalue weighted by Gasteiger charge is 2.26. The summed E-state index contributed by atoms with van der Waals surface area (Å²) in [6.45, 7) is 3.43. The van der Waals surface area contributed by atoms with Gasteiger partial charge in [-0.25, -0.2) is 14.5 Å². The number of amides is 1. The first-order chi connectivity index (χ1) is 15.1. The fraction of sp³-hybridized carbons (Fsp3) is 0.292. The van der Waals surface area contributed by atoms with Gasteiger partial charge in [-0.15, -0.1) is 0 Å². The van der Waals surface area contributed by atoms with Gasteiger partial charge in [-0.05, 0) is 55.5 Å². The maximum atomic E-state index is 13.0. The largest absolute Gasteiger partial charge is 0.347 e. The highest BCUT2D eigenvalue weighted by Crippen LogP contribution is 2.24. The summed E-state index contributed by atoms with van der Waals surface area (Å²) in [7, 11) is 0. The summed E-state index contributed by atoms with van der Waals surface area (Å²) in [5, 5.41) is 6.90. The standard InChI is InChI=1S/C24H25N5O2/c1-17-6-2-3-8-21(17)29-22(25-26-24(29)31)14-18-9-12-27(13-10-18)23(30)19-15-20-7-4-5-11-28(20)16-19/h2-8,11,15-16,18H,9-10,12-14H2,1H3,(H,26,31). The van der Waals surface area contributed by atoms with Crippen LogP contribution in [0.4, 0.5) is 0 Å². The molecule has 0 bridgehead atoms. The average Bonchev–Trinajstić information content (AvgIpc) is 3.38. The molecule has 1 aliphatic heterocycles. The lowest BCUT2D eigenvalue weighted by Gasteiger charge is -2.31. The smallest absolute Gasteiger partial charge is 0.339 e. The van der Waals surface area contributed by atoms with E-state index in [9.17, 15) is 9.59 Å². The molecule has 0 atom stereocenters. The van der Waals surface area contributed by atoms with Crippen LogP contribution >= 0.6 is 0 Å². The number of rotatable bonds is 4. The highest BCUT2D eigenvalue weighted by atomic mass is 16.2. The number of pyridine rings is 1. The van der Waals surface area contributed by atoms with Crippen molar-refractivity contribution in [2.75, 3.05) is 13.1 Å². The molecule has 4 aromatic rings. The van der Waals surface area contributed by atoms with Gasteiger partial charge in [0.2, 0.25) is 0 Å². The van der Waals surface area contributed by atoms with Gasteiger partial charge in [-0.1, -0.05) is 24.3 Å². The number of H-pyrrole nitrogens is 1. The maximum Gasteiger partial charge on any atom is 0.347 e. The number of benzene rings is 1. The van der Waals surface area contributed by atoms with Gasteiger partial charge in [0.15, 0.2) is 0 Å². The van der Waals surface area contributed by atoms with E-state index in [-0.39, 0.29) is 11.6 Å². The molecule has 7 heteroatoms. The Hall–Kier alpha value is -3.61. The van der Waals surface area contributed by atoms with E-state index < -0.39 is 0 Å². The zero-order chi connectivity index (χ0) is 21.4. The summed E-state index contributed by atoms with van der Waals surface area (Å²) in [6.07, 6.45) is 6.36. The molecule has 1 N–H and O–H groups in total. The SMILES string of the molecule is Cc1ccccc1-n1c(CC2CCN(C(=O)c3cc4ccccn4c3)CC2)n[nH]c1=O. The van der Waals surface area contributed by atoms with Crippen LogP contribution in [0, 0.1) is 12.8 Å². The van der Waals surface area contributed by atoms with Gasteiger partial charge < -0.3 is 9.30 Å². The molecule has 1 fully saturated rings. The van der Waals surface area contributed by atoms with Crippen molar-refractivity contribution in [1.29, 1.82) is 0 Å². The number of para-hydroxylation sites is 1. The van der Waals surface area contributed by atoms with Crippen LogP contribution in [0.15, 0.2) is 65.7 Å².